The van der Waals surface area contributed by atoms with Crippen LogP contribution in [-0.2, 0) is 24.7 Å². The first kappa shape index (κ1) is 63.9. The second-order valence-corrected chi connectivity index (χ2v) is 25.3. The van der Waals surface area contributed by atoms with Gasteiger partial charge in [0.2, 0.25) is 0 Å². The van der Waals surface area contributed by atoms with Crippen LogP contribution in [0.25, 0.3) is 161 Å². The first-order valence-corrected chi connectivity index (χ1v) is 32.6. The van der Waals surface area contributed by atoms with Gasteiger partial charge in [-0.15, -0.1) is 0 Å². The second kappa shape index (κ2) is 24.1. The molecule has 17 heteroatoms. The molecule has 4 heterocycles. The number of rotatable bonds is 10. The zero-order valence-corrected chi connectivity index (χ0v) is 53.6. The van der Waals surface area contributed by atoms with Crippen LogP contribution in [0.15, 0.2) is 297 Å². The van der Waals surface area contributed by atoms with E-state index in [2.05, 4.69) is 33.4 Å². The van der Waals surface area contributed by atoms with E-state index in [4.69, 9.17) is 9.97 Å². The molecule has 0 unspecified atom stereocenters. The molecule has 502 valence electrons. The van der Waals surface area contributed by atoms with Crippen molar-refractivity contribution in [3.8, 4) is 95.5 Å². The predicted octanol–water partition coefficient (Wildman–Crippen LogP) is 25.5. The SMILES string of the molecule is FC(F)(F)c1cc(-c2ccc3c(c2)c2cc(-c4cc(C(F)(F)F)cc(C(F)(F)F)c4)ccc2n3-c2c(-c3ccc(-n4c5ccccc5c5ccccc54)cc3)cc(-c3cc(-c4ccccc4)nc(-c4ccccc4)n3)cc2-c2ccc(-n3c4ccccc4c4ccccc43)cc2)cc(C(F)(F)F)c1. The van der Waals surface area contributed by atoms with Gasteiger partial charge in [-0.05, 0) is 161 Å². The third kappa shape index (κ3) is 11.4. The quantitative estimate of drug-likeness (QED) is 0.128. The summed E-state index contributed by atoms with van der Waals surface area (Å²) in [5.41, 5.74) is 4.60. The van der Waals surface area contributed by atoms with E-state index in [-0.39, 0.29) is 34.0 Å². The summed E-state index contributed by atoms with van der Waals surface area (Å²) < 4.78 is 183. The maximum absolute atomic E-state index is 14.7. The van der Waals surface area contributed by atoms with Gasteiger partial charge in [0.1, 0.15) is 0 Å². The maximum Gasteiger partial charge on any atom is 0.416 e. The standard InChI is InChI=1S/C86H49F12N5/c87-83(88,89)59-39-56(40-60(47-59)84(90,91)92)54-31-37-79-71(43-54)72-44-55(57-41-61(85(93,94)95)48-62(42-57)86(96,97)98)32-38-80(72)103(79)81-69(50-27-33-63(34-28-50)101-75-23-11-7-19-65(75)66-20-8-12-24-76(66)101)45-58(74-49-73(52-15-3-1-4-16-52)99-82(100-74)53-17-5-2-6-18-53)46-70(81)51-29-35-64(36-30-51)102-77-25-13-9-21-67(77)68-22-10-14-26-78(68)102/h1-49H. The van der Waals surface area contributed by atoms with Gasteiger partial charge in [0, 0.05) is 71.5 Å². The fourth-order valence-corrected chi connectivity index (χ4v) is 14.4. The molecular weight excluding hydrogens is 1330 g/mol. The number of alkyl halides is 12. The van der Waals surface area contributed by atoms with Crippen molar-refractivity contribution in [3.63, 3.8) is 0 Å². The highest BCUT2D eigenvalue weighted by Gasteiger charge is 2.39. The van der Waals surface area contributed by atoms with Crippen molar-refractivity contribution in [2.24, 2.45) is 0 Å². The van der Waals surface area contributed by atoms with Gasteiger partial charge in [0.05, 0.1) is 72.4 Å². The number of para-hydroxylation sites is 4. The van der Waals surface area contributed by atoms with E-state index in [0.717, 1.165) is 66.1 Å². The van der Waals surface area contributed by atoms with Gasteiger partial charge in [-0.1, -0.05) is 170 Å². The van der Waals surface area contributed by atoms with E-state index >= 15 is 0 Å². The Hall–Kier alpha value is -12.5. The molecule has 17 rings (SSSR count). The fourth-order valence-electron chi connectivity index (χ4n) is 14.4. The van der Waals surface area contributed by atoms with Crippen molar-refractivity contribution in [3.05, 3.63) is 320 Å². The molecule has 0 N–H and O–H groups in total. The molecule has 0 aliphatic heterocycles. The van der Waals surface area contributed by atoms with E-state index in [1.165, 1.54) is 24.3 Å². The average Bonchev–Trinajstić information content (AvgIpc) is 1.60. The van der Waals surface area contributed by atoms with Gasteiger partial charge < -0.3 is 13.7 Å². The topological polar surface area (TPSA) is 40.6 Å². The Morgan fingerprint density at radius 1 is 0.214 bits per heavy atom. The molecule has 0 radical (unpaired) electrons. The molecule has 0 aliphatic carbocycles. The Bertz CT molecular complexity index is 5680. The van der Waals surface area contributed by atoms with E-state index in [1.54, 1.807) is 12.1 Å². The van der Waals surface area contributed by atoms with Gasteiger partial charge in [0.15, 0.2) is 5.82 Å². The Morgan fingerprint density at radius 3 is 0.883 bits per heavy atom. The van der Waals surface area contributed by atoms with E-state index in [9.17, 15) is 52.7 Å². The Morgan fingerprint density at radius 2 is 0.524 bits per heavy atom. The highest BCUT2D eigenvalue weighted by atomic mass is 19.4. The van der Waals surface area contributed by atoms with Crippen LogP contribution >= 0.6 is 0 Å². The smallest absolute Gasteiger partial charge is 0.309 e. The lowest BCUT2D eigenvalue weighted by atomic mass is 9.91. The van der Waals surface area contributed by atoms with Crippen molar-refractivity contribution in [1.29, 1.82) is 0 Å². The zero-order chi connectivity index (χ0) is 70.8. The number of benzene rings is 13. The van der Waals surface area contributed by atoms with Gasteiger partial charge in [-0.3, -0.25) is 0 Å². The lowest BCUT2D eigenvalue weighted by Crippen LogP contribution is -2.11. The summed E-state index contributed by atoms with van der Waals surface area (Å²) in [7, 11) is 0. The molecule has 13 aromatic carbocycles. The molecular formula is C86H49F12N5. The minimum atomic E-state index is -5.23. The van der Waals surface area contributed by atoms with E-state index in [1.807, 2.05) is 205 Å². The van der Waals surface area contributed by atoms with E-state index < -0.39 is 58.1 Å². The summed E-state index contributed by atoms with van der Waals surface area (Å²) in [6, 6.07) is 84.2. The van der Waals surface area contributed by atoms with Crippen LogP contribution in [0.4, 0.5) is 52.7 Å². The fraction of sp³-hybridized carbons (Fsp3) is 0.0465. The molecule has 17 aromatic rings. The third-order valence-corrected chi connectivity index (χ3v) is 19.1. The molecule has 0 amide bonds. The Balaban J connectivity index is 0.992. The Kier molecular flexibility index (Phi) is 15.0. The van der Waals surface area contributed by atoms with Crippen LogP contribution in [0.1, 0.15) is 22.3 Å². The van der Waals surface area contributed by atoms with Crippen LogP contribution in [0.3, 0.4) is 0 Å². The number of nitrogens with zero attached hydrogens (tertiary/aromatic N) is 5. The minimum absolute atomic E-state index is 0.0224. The van der Waals surface area contributed by atoms with Crippen molar-refractivity contribution in [1.82, 2.24) is 23.7 Å². The highest BCUT2D eigenvalue weighted by molar-refractivity contribution is 6.14. The number of fused-ring (bicyclic) bond motifs is 9. The summed E-state index contributed by atoms with van der Waals surface area (Å²) in [5, 5.41) is 4.45. The van der Waals surface area contributed by atoms with Crippen molar-refractivity contribution in [2.45, 2.75) is 24.7 Å². The van der Waals surface area contributed by atoms with Crippen molar-refractivity contribution >= 4 is 65.4 Å². The first-order chi connectivity index (χ1) is 49.6. The number of hydrogen-bond acceptors (Lipinski definition) is 2. The van der Waals surface area contributed by atoms with Gasteiger partial charge >= 0.3 is 24.7 Å². The van der Waals surface area contributed by atoms with Crippen molar-refractivity contribution in [2.75, 3.05) is 0 Å². The molecule has 0 saturated heterocycles. The molecule has 103 heavy (non-hydrogen) atoms. The normalized spacial score (nSPS) is 12.5. The lowest BCUT2D eigenvalue weighted by molar-refractivity contribution is -0.144. The average molecular weight is 1380 g/mol. The number of hydrogen-bond donors (Lipinski definition) is 0. The monoisotopic (exact) mass is 1380 g/mol. The largest absolute Gasteiger partial charge is 0.416 e. The van der Waals surface area contributed by atoms with Crippen LogP contribution in [-0.4, -0.2) is 23.7 Å². The maximum atomic E-state index is 14.7. The van der Waals surface area contributed by atoms with Crippen LogP contribution in [0, 0.1) is 0 Å². The zero-order valence-electron chi connectivity index (χ0n) is 53.6. The van der Waals surface area contributed by atoms with Gasteiger partial charge in [-0.25, -0.2) is 9.97 Å². The summed E-state index contributed by atoms with van der Waals surface area (Å²) in [5.74, 6) is 0.412. The number of halogens is 12. The second-order valence-electron chi connectivity index (χ2n) is 25.3. The lowest BCUT2D eigenvalue weighted by Gasteiger charge is -2.22. The first-order valence-electron chi connectivity index (χ1n) is 32.6. The third-order valence-electron chi connectivity index (χ3n) is 19.1. The summed E-state index contributed by atoms with van der Waals surface area (Å²) in [6.45, 7) is 0. The van der Waals surface area contributed by atoms with Crippen LogP contribution in [0.5, 0.6) is 0 Å². The molecule has 0 spiro atoms. The molecule has 0 bridgehead atoms. The highest BCUT2D eigenvalue weighted by Crippen LogP contribution is 2.49. The molecule has 0 saturated carbocycles. The molecule has 4 aromatic heterocycles. The van der Waals surface area contributed by atoms with Crippen LogP contribution in [0.2, 0.25) is 0 Å². The molecule has 0 fully saturated rings. The van der Waals surface area contributed by atoms with Crippen molar-refractivity contribution < 1.29 is 52.7 Å². The summed E-state index contributed by atoms with van der Waals surface area (Å²) >= 11 is 0. The molecule has 5 nitrogen and oxygen atoms in total. The predicted molar refractivity (Wildman–Crippen MR) is 383 cm³/mol. The van der Waals surface area contributed by atoms with Crippen LogP contribution < -0.4 is 0 Å². The summed E-state index contributed by atoms with van der Waals surface area (Å²) in [4.78, 5) is 10.5. The number of aromatic nitrogens is 5. The van der Waals surface area contributed by atoms with E-state index in [0.29, 0.717) is 86.0 Å². The molecule has 0 aliphatic rings. The van der Waals surface area contributed by atoms with Gasteiger partial charge in [0.25, 0.3) is 0 Å². The Labute approximate surface area is 578 Å². The summed E-state index contributed by atoms with van der Waals surface area (Å²) in [6.07, 6.45) is -20.9. The minimum Gasteiger partial charge on any atom is -0.309 e. The van der Waals surface area contributed by atoms with Gasteiger partial charge in [-0.2, -0.15) is 52.7 Å². The molecule has 0 atom stereocenters.